The van der Waals surface area contributed by atoms with Crippen molar-refractivity contribution < 1.29 is 4.74 Å². The van der Waals surface area contributed by atoms with Crippen molar-refractivity contribution in [2.75, 3.05) is 5.73 Å². The number of nitrogen functional groups attached to an aromatic ring is 1. The Bertz CT molecular complexity index is 720. The predicted molar refractivity (Wildman–Crippen MR) is 84.2 cm³/mol. The fraction of sp³-hybridized carbons (Fsp3) is 0.0625. The summed E-state index contributed by atoms with van der Waals surface area (Å²) >= 11 is 5.85. The summed E-state index contributed by atoms with van der Waals surface area (Å²) < 4.78 is 5.74. The van der Waals surface area contributed by atoms with E-state index < -0.39 is 0 Å². The lowest BCUT2D eigenvalue weighted by molar-refractivity contribution is 0.306. The minimum Gasteiger partial charge on any atom is -0.489 e. The minimum absolute atomic E-state index is 0.504. The molecule has 0 aliphatic rings. The van der Waals surface area contributed by atoms with E-state index in [1.165, 1.54) is 0 Å². The number of hydrogen-bond donors (Lipinski definition) is 2. The Morgan fingerprint density at radius 2 is 1.76 bits per heavy atom. The average molecular weight is 300 g/mol. The Morgan fingerprint density at radius 1 is 1.05 bits per heavy atom. The van der Waals surface area contributed by atoms with Gasteiger partial charge in [-0.15, -0.1) is 0 Å². The number of nitrogens with two attached hydrogens (primary N) is 1. The lowest BCUT2D eigenvalue weighted by Gasteiger charge is -2.07. The van der Waals surface area contributed by atoms with E-state index in [2.05, 4.69) is 10.2 Å². The maximum Gasteiger partial charge on any atom is 0.126 e. The van der Waals surface area contributed by atoms with Gasteiger partial charge in [-0.2, -0.15) is 5.10 Å². The van der Waals surface area contributed by atoms with Gasteiger partial charge in [0, 0.05) is 10.6 Å². The van der Waals surface area contributed by atoms with Gasteiger partial charge in [0.15, 0.2) is 0 Å². The first-order valence-electron chi connectivity index (χ1n) is 6.49. The van der Waals surface area contributed by atoms with Crippen molar-refractivity contribution >= 4 is 17.4 Å². The Kier molecular flexibility index (Phi) is 3.79. The Balaban J connectivity index is 1.67. The molecule has 106 valence electrons. The Hall–Kier alpha value is -2.46. The molecule has 0 unspecified atom stereocenters. The third-order valence-corrected chi connectivity index (χ3v) is 3.40. The van der Waals surface area contributed by atoms with Crippen LogP contribution in [0.3, 0.4) is 0 Å². The van der Waals surface area contributed by atoms with Crippen molar-refractivity contribution in [3.63, 3.8) is 0 Å². The first kappa shape index (κ1) is 13.5. The summed E-state index contributed by atoms with van der Waals surface area (Å²) in [4.78, 5) is 0. The van der Waals surface area contributed by atoms with Crippen molar-refractivity contribution in [3.05, 3.63) is 65.3 Å². The molecular weight excluding hydrogens is 286 g/mol. The number of H-pyrrole nitrogens is 1. The molecule has 0 radical (unpaired) electrons. The van der Waals surface area contributed by atoms with Gasteiger partial charge in [0.25, 0.3) is 0 Å². The summed E-state index contributed by atoms with van der Waals surface area (Å²) in [7, 11) is 0. The van der Waals surface area contributed by atoms with E-state index in [0.29, 0.717) is 12.4 Å². The maximum absolute atomic E-state index is 5.85. The minimum atomic E-state index is 0.504. The molecule has 3 aromatic rings. The van der Waals surface area contributed by atoms with E-state index in [-0.39, 0.29) is 0 Å². The van der Waals surface area contributed by atoms with Crippen LogP contribution in [0.4, 0.5) is 5.82 Å². The molecule has 0 aliphatic heterocycles. The van der Waals surface area contributed by atoms with Gasteiger partial charge in [-0.25, -0.2) is 0 Å². The molecule has 3 N–H and O–H groups in total. The largest absolute Gasteiger partial charge is 0.489 e. The molecule has 21 heavy (non-hydrogen) atoms. The van der Waals surface area contributed by atoms with Crippen molar-refractivity contribution in [3.8, 4) is 16.9 Å². The quantitative estimate of drug-likeness (QED) is 0.768. The third-order valence-electron chi connectivity index (χ3n) is 3.15. The van der Waals surface area contributed by atoms with Crippen molar-refractivity contribution in [1.29, 1.82) is 0 Å². The molecule has 2 aromatic carbocycles. The van der Waals surface area contributed by atoms with Gasteiger partial charge in [-0.1, -0.05) is 35.9 Å². The van der Waals surface area contributed by atoms with Gasteiger partial charge in [0.05, 0.1) is 6.20 Å². The fourth-order valence-electron chi connectivity index (χ4n) is 2.00. The Morgan fingerprint density at radius 3 is 2.38 bits per heavy atom. The van der Waals surface area contributed by atoms with Crippen LogP contribution >= 0.6 is 11.6 Å². The standard InChI is InChI=1S/C16H14ClN3O/c17-13-5-1-11(2-6-13)10-21-14-7-3-12(4-8-14)15-9-19-20-16(15)18/h1-9H,10H2,(H3,18,19,20). The van der Waals surface area contributed by atoms with Gasteiger partial charge in [-0.3, -0.25) is 5.10 Å². The number of anilines is 1. The summed E-state index contributed by atoms with van der Waals surface area (Å²) in [6, 6.07) is 15.3. The Labute approximate surface area is 127 Å². The van der Waals surface area contributed by atoms with Gasteiger partial charge in [-0.05, 0) is 35.4 Å². The molecule has 0 atom stereocenters. The highest BCUT2D eigenvalue weighted by Crippen LogP contribution is 2.25. The number of halogens is 1. The molecule has 0 aliphatic carbocycles. The van der Waals surface area contributed by atoms with Crippen LogP contribution in [0.25, 0.3) is 11.1 Å². The molecule has 1 aromatic heterocycles. The fourth-order valence-corrected chi connectivity index (χ4v) is 2.13. The van der Waals surface area contributed by atoms with Crippen LogP contribution in [-0.2, 0) is 6.61 Å². The topological polar surface area (TPSA) is 63.9 Å². The molecule has 0 fully saturated rings. The zero-order valence-electron chi connectivity index (χ0n) is 11.2. The lowest BCUT2D eigenvalue weighted by Crippen LogP contribution is -1.95. The molecule has 3 rings (SSSR count). The highest BCUT2D eigenvalue weighted by Gasteiger charge is 2.04. The number of nitrogens with one attached hydrogen (secondary N) is 1. The van der Waals surface area contributed by atoms with E-state index in [9.17, 15) is 0 Å². The van der Waals surface area contributed by atoms with Crippen molar-refractivity contribution in [1.82, 2.24) is 10.2 Å². The smallest absolute Gasteiger partial charge is 0.126 e. The SMILES string of the molecule is Nc1[nH]ncc1-c1ccc(OCc2ccc(Cl)cc2)cc1. The summed E-state index contributed by atoms with van der Waals surface area (Å²) in [6.07, 6.45) is 1.71. The zero-order chi connectivity index (χ0) is 14.7. The van der Waals surface area contributed by atoms with Gasteiger partial charge >= 0.3 is 0 Å². The van der Waals surface area contributed by atoms with E-state index in [0.717, 1.165) is 27.5 Å². The molecule has 0 amide bonds. The van der Waals surface area contributed by atoms with Crippen LogP contribution in [0.1, 0.15) is 5.56 Å². The second kappa shape index (κ2) is 5.89. The summed E-state index contributed by atoms with van der Waals surface area (Å²) in [5.41, 5.74) is 8.76. The van der Waals surface area contributed by atoms with E-state index in [1.807, 2.05) is 48.5 Å². The van der Waals surface area contributed by atoms with E-state index >= 15 is 0 Å². The molecule has 5 heteroatoms. The first-order chi connectivity index (χ1) is 10.2. The third kappa shape index (κ3) is 3.17. The van der Waals surface area contributed by atoms with Gasteiger partial charge in [0.2, 0.25) is 0 Å². The van der Waals surface area contributed by atoms with Crippen molar-refractivity contribution in [2.45, 2.75) is 6.61 Å². The first-order valence-corrected chi connectivity index (χ1v) is 6.87. The normalized spacial score (nSPS) is 10.5. The van der Waals surface area contributed by atoms with Gasteiger partial charge < -0.3 is 10.5 Å². The maximum atomic E-state index is 5.85. The van der Waals surface area contributed by atoms with E-state index in [1.54, 1.807) is 6.20 Å². The van der Waals surface area contributed by atoms with Crippen LogP contribution in [0.2, 0.25) is 5.02 Å². The van der Waals surface area contributed by atoms with Crippen LogP contribution in [-0.4, -0.2) is 10.2 Å². The number of aromatic nitrogens is 2. The van der Waals surface area contributed by atoms with Crippen LogP contribution in [0.15, 0.2) is 54.7 Å². The van der Waals surface area contributed by atoms with Gasteiger partial charge in [0.1, 0.15) is 18.2 Å². The number of benzene rings is 2. The predicted octanol–water partition coefficient (Wildman–Crippen LogP) is 3.89. The zero-order valence-corrected chi connectivity index (χ0v) is 12.0. The molecular formula is C16H14ClN3O. The van der Waals surface area contributed by atoms with Crippen molar-refractivity contribution in [2.24, 2.45) is 0 Å². The summed E-state index contributed by atoms with van der Waals surface area (Å²) in [5.74, 6) is 1.36. The second-order valence-electron chi connectivity index (χ2n) is 4.64. The van der Waals surface area contributed by atoms with Crippen LogP contribution < -0.4 is 10.5 Å². The molecule has 0 saturated carbocycles. The summed E-state index contributed by atoms with van der Waals surface area (Å²) in [5, 5.41) is 7.35. The summed E-state index contributed by atoms with van der Waals surface area (Å²) in [6.45, 7) is 0.504. The number of aromatic amines is 1. The lowest BCUT2D eigenvalue weighted by atomic mass is 10.1. The molecule has 0 saturated heterocycles. The number of nitrogens with zero attached hydrogens (tertiary/aromatic N) is 1. The van der Waals surface area contributed by atoms with E-state index in [4.69, 9.17) is 22.1 Å². The molecule has 4 nitrogen and oxygen atoms in total. The molecule has 1 heterocycles. The molecule has 0 bridgehead atoms. The monoisotopic (exact) mass is 299 g/mol. The number of hydrogen-bond acceptors (Lipinski definition) is 3. The highest BCUT2D eigenvalue weighted by atomic mass is 35.5. The van der Waals surface area contributed by atoms with Crippen LogP contribution in [0, 0.1) is 0 Å². The average Bonchev–Trinajstić information content (AvgIpc) is 2.93. The van der Waals surface area contributed by atoms with Crippen LogP contribution in [0.5, 0.6) is 5.75 Å². The highest BCUT2D eigenvalue weighted by molar-refractivity contribution is 6.30. The molecule has 0 spiro atoms. The number of rotatable bonds is 4. The number of ether oxygens (including phenoxy) is 1. The second-order valence-corrected chi connectivity index (χ2v) is 5.07.